The molecule has 0 aliphatic carbocycles. The van der Waals surface area contributed by atoms with Gasteiger partial charge in [0.15, 0.2) is 0 Å². The van der Waals surface area contributed by atoms with Crippen LogP contribution in [0.3, 0.4) is 0 Å². The van der Waals surface area contributed by atoms with Crippen LogP contribution in [-0.2, 0) is 30.2 Å². The van der Waals surface area contributed by atoms with Gasteiger partial charge in [-0.15, -0.1) is 0 Å². The predicted octanol–water partition coefficient (Wildman–Crippen LogP) is 3.43. The number of halogens is 1. The largest absolute Gasteiger partial charge is 0.364 e. The van der Waals surface area contributed by atoms with Crippen LogP contribution in [0.1, 0.15) is 16.3 Å². The molecule has 0 atom stereocenters. The normalized spacial score (nSPS) is 11.8. The van der Waals surface area contributed by atoms with Crippen LogP contribution in [0.25, 0.3) is 10.9 Å². The molecule has 3 heterocycles. The lowest BCUT2D eigenvalue weighted by Crippen LogP contribution is -2.22. The van der Waals surface area contributed by atoms with Crippen molar-refractivity contribution < 1.29 is 8.42 Å². The average molecular weight is 554 g/mol. The van der Waals surface area contributed by atoms with Crippen molar-refractivity contribution in [1.29, 1.82) is 0 Å². The molecule has 1 aromatic carbocycles. The molecule has 0 radical (unpaired) electrons. The summed E-state index contributed by atoms with van der Waals surface area (Å²) in [5, 5.41) is 8.28. The van der Waals surface area contributed by atoms with E-state index in [0.717, 1.165) is 30.7 Å². The summed E-state index contributed by atoms with van der Waals surface area (Å²) in [4.78, 5) is 5.67. The number of anilines is 1. The van der Waals surface area contributed by atoms with Crippen LogP contribution < -0.4 is 10.0 Å². The van der Waals surface area contributed by atoms with Crippen molar-refractivity contribution in [3.05, 3.63) is 62.4 Å². The van der Waals surface area contributed by atoms with Gasteiger partial charge < -0.3 is 5.32 Å². The maximum atomic E-state index is 12.7. The van der Waals surface area contributed by atoms with Gasteiger partial charge in [0, 0.05) is 23.9 Å². The molecule has 0 bridgehead atoms. The fourth-order valence-electron chi connectivity index (χ4n) is 2.93. The lowest BCUT2D eigenvalue weighted by molar-refractivity contribution is 0.582. The number of benzene rings is 1. The molecule has 0 amide bonds. The van der Waals surface area contributed by atoms with Crippen molar-refractivity contribution >= 4 is 60.9 Å². The van der Waals surface area contributed by atoms with Gasteiger partial charge in [-0.25, -0.2) is 18.1 Å². The summed E-state index contributed by atoms with van der Waals surface area (Å²) in [6.45, 7) is 2.70. The number of rotatable bonds is 7. The summed E-state index contributed by atoms with van der Waals surface area (Å²) in [5.74, 6) is 0.716. The van der Waals surface area contributed by atoms with E-state index in [9.17, 15) is 8.42 Å². The van der Waals surface area contributed by atoms with Crippen LogP contribution in [0.15, 0.2) is 47.5 Å². The lowest BCUT2D eigenvalue weighted by Gasteiger charge is -2.09. The Hall–Kier alpha value is -2.09. The summed E-state index contributed by atoms with van der Waals surface area (Å²) < 4.78 is 35.0. The van der Waals surface area contributed by atoms with Crippen LogP contribution in [0.5, 0.6) is 0 Å². The number of hydrogen-bond donors (Lipinski definition) is 2. The Morgan fingerprint density at radius 2 is 2.00 bits per heavy atom. The molecule has 0 saturated carbocycles. The second kappa shape index (κ2) is 8.57. The summed E-state index contributed by atoms with van der Waals surface area (Å²) in [6.07, 6.45) is 1.82. The highest BCUT2D eigenvalue weighted by molar-refractivity contribution is 14.1. The number of nitrogens with zero attached hydrogens (tertiary/aromatic N) is 4. The monoisotopic (exact) mass is 554 g/mol. The molecular formula is C19H19IN6O2S2. The van der Waals surface area contributed by atoms with Gasteiger partial charge in [-0.2, -0.15) is 9.47 Å². The Morgan fingerprint density at radius 3 is 2.70 bits per heavy atom. The van der Waals surface area contributed by atoms with E-state index >= 15 is 0 Å². The molecular weight excluding hydrogens is 535 g/mol. The van der Waals surface area contributed by atoms with E-state index < -0.39 is 10.0 Å². The van der Waals surface area contributed by atoms with Crippen molar-refractivity contribution in [2.45, 2.75) is 24.9 Å². The number of pyridine rings is 1. The first kappa shape index (κ1) is 21.2. The maximum Gasteiger partial charge on any atom is 0.240 e. The molecule has 4 rings (SSSR count). The predicted molar refractivity (Wildman–Crippen MR) is 126 cm³/mol. The van der Waals surface area contributed by atoms with Crippen molar-refractivity contribution in [2.75, 3.05) is 5.32 Å². The van der Waals surface area contributed by atoms with Crippen LogP contribution in [0, 0.1) is 10.5 Å². The van der Waals surface area contributed by atoms with Crippen LogP contribution in [0.2, 0.25) is 0 Å². The molecule has 0 aliphatic heterocycles. The minimum Gasteiger partial charge on any atom is -0.364 e. The van der Waals surface area contributed by atoms with Crippen molar-refractivity contribution in [3.8, 4) is 0 Å². The highest BCUT2D eigenvalue weighted by Crippen LogP contribution is 2.21. The third-order valence-electron chi connectivity index (χ3n) is 4.53. The maximum absolute atomic E-state index is 12.7. The highest BCUT2D eigenvalue weighted by Gasteiger charge is 2.15. The first-order chi connectivity index (χ1) is 14.3. The minimum atomic E-state index is -3.63. The number of aromatic nitrogens is 4. The second-order valence-electron chi connectivity index (χ2n) is 6.73. The third kappa shape index (κ3) is 4.63. The Morgan fingerprint density at radius 1 is 1.17 bits per heavy atom. The fourth-order valence-corrected chi connectivity index (χ4v) is 5.40. The molecule has 8 nitrogen and oxygen atoms in total. The quantitative estimate of drug-likeness (QED) is 0.340. The molecule has 0 spiro atoms. The van der Waals surface area contributed by atoms with Gasteiger partial charge in [-0.05, 0) is 77.4 Å². The number of aryl methyl sites for hydroxylation is 2. The molecule has 4 aromatic rings. The molecule has 156 valence electrons. The number of fused-ring (bicyclic) bond motifs is 1. The van der Waals surface area contributed by atoms with E-state index in [2.05, 4.69) is 47.1 Å². The van der Waals surface area contributed by atoms with Gasteiger partial charge in [0.1, 0.15) is 5.82 Å². The SMILES string of the molecule is Cc1cc(CNS(=O)(=O)c2ccc3nc(NCc4c(I)cnn4C)ccc3c2)sn1. The van der Waals surface area contributed by atoms with Gasteiger partial charge in [0.05, 0.1) is 38.1 Å². The molecule has 0 aliphatic rings. The van der Waals surface area contributed by atoms with Gasteiger partial charge in [-0.3, -0.25) is 4.68 Å². The zero-order valence-corrected chi connectivity index (χ0v) is 20.0. The van der Waals surface area contributed by atoms with E-state index in [1.807, 2.05) is 43.0 Å². The summed E-state index contributed by atoms with van der Waals surface area (Å²) in [6, 6.07) is 10.5. The lowest BCUT2D eigenvalue weighted by atomic mass is 10.2. The van der Waals surface area contributed by atoms with Gasteiger partial charge in [-0.1, -0.05) is 0 Å². The summed E-state index contributed by atoms with van der Waals surface area (Å²) in [5.41, 5.74) is 2.67. The molecule has 0 saturated heterocycles. The van der Waals surface area contributed by atoms with Gasteiger partial charge in [0.25, 0.3) is 0 Å². The van der Waals surface area contributed by atoms with E-state index in [-0.39, 0.29) is 11.4 Å². The molecule has 0 fully saturated rings. The molecule has 3 aromatic heterocycles. The Labute approximate surface area is 192 Å². The van der Waals surface area contributed by atoms with Crippen molar-refractivity contribution in [3.63, 3.8) is 0 Å². The first-order valence-electron chi connectivity index (χ1n) is 9.05. The smallest absolute Gasteiger partial charge is 0.240 e. The van der Waals surface area contributed by atoms with E-state index in [4.69, 9.17) is 0 Å². The molecule has 2 N–H and O–H groups in total. The topological polar surface area (TPSA) is 102 Å². The molecule has 11 heteroatoms. The van der Waals surface area contributed by atoms with Gasteiger partial charge in [0.2, 0.25) is 10.0 Å². The second-order valence-corrected chi connectivity index (χ2v) is 10.5. The van der Waals surface area contributed by atoms with Crippen LogP contribution >= 0.6 is 34.1 Å². The van der Waals surface area contributed by atoms with Crippen molar-refractivity contribution in [1.82, 2.24) is 23.9 Å². The highest BCUT2D eigenvalue weighted by atomic mass is 127. The number of sulfonamides is 1. The minimum absolute atomic E-state index is 0.211. The van der Waals surface area contributed by atoms with Gasteiger partial charge >= 0.3 is 0 Å². The average Bonchev–Trinajstić information content (AvgIpc) is 3.29. The van der Waals surface area contributed by atoms with E-state index in [1.54, 1.807) is 18.2 Å². The van der Waals surface area contributed by atoms with Crippen molar-refractivity contribution in [2.24, 2.45) is 7.05 Å². The van der Waals surface area contributed by atoms with E-state index in [1.165, 1.54) is 11.5 Å². The Bertz CT molecular complexity index is 1300. The number of nitrogens with one attached hydrogen (secondary N) is 2. The first-order valence-corrected chi connectivity index (χ1v) is 12.4. The fraction of sp³-hybridized carbons (Fsp3) is 0.211. The zero-order chi connectivity index (χ0) is 21.3. The Balaban J connectivity index is 1.49. The Kier molecular flexibility index (Phi) is 6.04. The third-order valence-corrected chi connectivity index (χ3v) is 7.71. The summed E-state index contributed by atoms with van der Waals surface area (Å²) in [7, 11) is -1.72. The molecule has 0 unspecified atom stereocenters. The van der Waals surface area contributed by atoms with E-state index in [0.29, 0.717) is 12.4 Å². The zero-order valence-electron chi connectivity index (χ0n) is 16.3. The number of hydrogen-bond acceptors (Lipinski definition) is 7. The van der Waals surface area contributed by atoms with Crippen LogP contribution in [0.4, 0.5) is 5.82 Å². The summed E-state index contributed by atoms with van der Waals surface area (Å²) >= 11 is 3.55. The molecule has 30 heavy (non-hydrogen) atoms. The standard InChI is InChI=1S/C19H19IN6O2S2/c1-12-7-14(29-25-12)9-23-30(27,28)15-4-5-17-13(8-15)3-6-19(24-17)21-11-18-16(20)10-22-26(18)2/h3-8,10,23H,9,11H2,1-2H3,(H,21,24). The van der Waals surface area contributed by atoms with Crippen LogP contribution in [-0.4, -0.2) is 27.6 Å².